The lowest BCUT2D eigenvalue weighted by Gasteiger charge is -2.25. The predicted molar refractivity (Wildman–Crippen MR) is 64.9 cm³/mol. The lowest BCUT2D eigenvalue weighted by molar-refractivity contribution is 0.214. The van der Waals surface area contributed by atoms with Crippen LogP contribution in [0.1, 0.15) is 19.4 Å². The van der Waals surface area contributed by atoms with Gasteiger partial charge >= 0.3 is 0 Å². The van der Waals surface area contributed by atoms with Crippen molar-refractivity contribution in [3.05, 3.63) is 23.8 Å². The highest BCUT2D eigenvalue weighted by molar-refractivity contribution is 7.98. The van der Waals surface area contributed by atoms with Crippen molar-refractivity contribution in [1.29, 1.82) is 0 Å². The number of ether oxygens (including phenoxy) is 1. The average Bonchev–Trinajstić information content (AvgIpc) is 2.28. The van der Waals surface area contributed by atoms with Gasteiger partial charge in [0.2, 0.25) is 0 Å². The van der Waals surface area contributed by atoms with Crippen LogP contribution in [-0.4, -0.2) is 25.1 Å². The Hall–Kier alpha value is -0.670. The van der Waals surface area contributed by atoms with Crippen molar-refractivity contribution in [2.24, 2.45) is 0 Å². The number of benzene rings is 1. The van der Waals surface area contributed by atoms with E-state index in [0.29, 0.717) is 0 Å². The van der Waals surface area contributed by atoms with Crippen molar-refractivity contribution in [2.75, 3.05) is 20.0 Å². The summed E-state index contributed by atoms with van der Waals surface area (Å²) in [5.41, 5.74) is 0.788. The minimum absolute atomic E-state index is 0.112. The number of thioether (sulfide) groups is 1. The number of hydrogen-bond acceptors (Lipinski definition) is 3. The van der Waals surface area contributed by atoms with Gasteiger partial charge in [0.05, 0.1) is 13.7 Å². The molecular formula is C12H18O2S. The second-order valence-corrected chi connectivity index (χ2v) is 4.99. The van der Waals surface area contributed by atoms with E-state index < -0.39 is 0 Å². The highest BCUT2D eigenvalue weighted by Gasteiger charge is 2.23. The minimum atomic E-state index is -0.267. The van der Waals surface area contributed by atoms with Crippen LogP contribution in [-0.2, 0) is 5.41 Å². The Morgan fingerprint density at radius 2 is 2.07 bits per heavy atom. The summed E-state index contributed by atoms with van der Waals surface area (Å²) in [7, 11) is 1.66. The van der Waals surface area contributed by atoms with E-state index in [2.05, 4.69) is 6.07 Å². The minimum Gasteiger partial charge on any atom is -0.496 e. The molecule has 1 rings (SSSR count). The molecule has 0 atom stereocenters. The smallest absolute Gasteiger partial charge is 0.122 e. The molecule has 0 aliphatic heterocycles. The van der Waals surface area contributed by atoms with Gasteiger partial charge in [-0.25, -0.2) is 0 Å². The van der Waals surface area contributed by atoms with Crippen LogP contribution in [0.25, 0.3) is 0 Å². The van der Waals surface area contributed by atoms with Crippen LogP contribution in [0, 0.1) is 0 Å². The summed E-state index contributed by atoms with van der Waals surface area (Å²) in [6.45, 7) is 4.13. The summed E-state index contributed by atoms with van der Waals surface area (Å²) in [4.78, 5) is 1.19. The Balaban J connectivity index is 3.23. The molecule has 15 heavy (non-hydrogen) atoms. The fraction of sp³-hybridized carbons (Fsp3) is 0.500. The molecule has 0 bridgehead atoms. The van der Waals surface area contributed by atoms with E-state index in [-0.39, 0.29) is 12.0 Å². The van der Waals surface area contributed by atoms with Crippen LogP contribution in [0.5, 0.6) is 5.75 Å². The standard InChI is InChI=1S/C12H18O2S/c1-12(2,8-13)10-7-9(15-4)5-6-11(10)14-3/h5-7,13H,8H2,1-4H3. The van der Waals surface area contributed by atoms with E-state index in [1.807, 2.05) is 32.2 Å². The second-order valence-electron chi connectivity index (χ2n) is 4.11. The third kappa shape index (κ3) is 2.67. The van der Waals surface area contributed by atoms with Crippen LogP contribution in [0.2, 0.25) is 0 Å². The molecule has 1 aromatic carbocycles. The second kappa shape index (κ2) is 4.90. The van der Waals surface area contributed by atoms with Crippen LogP contribution >= 0.6 is 11.8 Å². The van der Waals surface area contributed by atoms with Crippen LogP contribution in [0.4, 0.5) is 0 Å². The molecule has 84 valence electrons. The van der Waals surface area contributed by atoms with Gasteiger partial charge in [0.15, 0.2) is 0 Å². The maximum atomic E-state index is 9.37. The largest absolute Gasteiger partial charge is 0.496 e. The topological polar surface area (TPSA) is 29.5 Å². The van der Waals surface area contributed by atoms with E-state index in [0.717, 1.165) is 11.3 Å². The Bertz CT molecular complexity index is 334. The van der Waals surface area contributed by atoms with Crippen LogP contribution in [0.3, 0.4) is 0 Å². The Kier molecular flexibility index (Phi) is 4.05. The number of aliphatic hydroxyl groups is 1. The highest BCUT2D eigenvalue weighted by atomic mass is 32.2. The van der Waals surface area contributed by atoms with Gasteiger partial charge in [-0.2, -0.15) is 0 Å². The average molecular weight is 226 g/mol. The normalized spacial score (nSPS) is 11.5. The summed E-state index contributed by atoms with van der Waals surface area (Å²) in [5, 5.41) is 9.37. The van der Waals surface area contributed by atoms with Gasteiger partial charge in [0.1, 0.15) is 5.75 Å². The Morgan fingerprint density at radius 1 is 1.40 bits per heavy atom. The van der Waals surface area contributed by atoms with Gasteiger partial charge in [-0.1, -0.05) is 13.8 Å². The van der Waals surface area contributed by atoms with Gasteiger partial charge < -0.3 is 9.84 Å². The maximum absolute atomic E-state index is 9.37. The first-order valence-corrected chi connectivity index (χ1v) is 6.11. The quantitative estimate of drug-likeness (QED) is 0.800. The van der Waals surface area contributed by atoms with Crippen molar-refractivity contribution in [3.8, 4) is 5.75 Å². The third-order valence-corrected chi connectivity index (χ3v) is 3.26. The van der Waals surface area contributed by atoms with Gasteiger partial charge in [0.25, 0.3) is 0 Å². The van der Waals surface area contributed by atoms with Gasteiger partial charge in [0, 0.05) is 15.9 Å². The fourth-order valence-corrected chi connectivity index (χ4v) is 1.87. The van der Waals surface area contributed by atoms with Crippen molar-refractivity contribution in [3.63, 3.8) is 0 Å². The number of methoxy groups -OCH3 is 1. The SMILES string of the molecule is COc1ccc(SC)cc1C(C)(C)CO. The molecule has 0 saturated heterocycles. The monoisotopic (exact) mass is 226 g/mol. The highest BCUT2D eigenvalue weighted by Crippen LogP contribution is 2.34. The third-order valence-electron chi connectivity index (χ3n) is 2.53. The van der Waals surface area contributed by atoms with E-state index in [4.69, 9.17) is 4.74 Å². The molecule has 0 heterocycles. The summed E-state index contributed by atoms with van der Waals surface area (Å²) in [6.07, 6.45) is 2.04. The van der Waals surface area contributed by atoms with E-state index in [1.54, 1.807) is 18.9 Å². The van der Waals surface area contributed by atoms with Gasteiger partial charge in [-0.05, 0) is 24.5 Å². The molecule has 2 nitrogen and oxygen atoms in total. The zero-order valence-corrected chi connectivity index (χ0v) is 10.5. The maximum Gasteiger partial charge on any atom is 0.122 e. The summed E-state index contributed by atoms with van der Waals surface area (Å²) >= 11 is 1.69. The molecule has 0 fully saturated rings. The first-order valence-electron chi connectivity index (χ1n) is 4.88. The van der Waals surface area contributed by atoms with Crippen molar-refractivity contribution < 1.29 is 9.84 Å². The summed E-state index contributed by atoms with van der Waals surface area (Å²) in [5.74, 6) is 0.840. The molecule has 0 spiro atoms. The van der Waals surface area contributed by atoms with Crippen LogP contribution in [0.15, 0.2) is 23.1 Å². The predicted octanol–water partition coefficient (Wildman–Crippen LogP) is 2.69. The summed E-state index contributed by atoms with van der Waals surface area (Å²) in [6, 6.07) is 6.07. The summed E-state index contributed by atoms with van der Waals surface area (Å²) < 4.78 is 5.31. The molecule has 0 saturated carbocycles. The van der Waals surface area contributed by atoms with Gasteiger partial charge in [-0.15, -0.1) is 11.8 Å². The molecule has 0 amide bonds. The Morgan fingerprint density at radius 3 is 2.53 bits per heavy atom. The first-order chi connectivity index (χ1) is 7.05. The molecule has 0 aliphatic rings. The Labute approximate surface area is 95.7 Å². The zero-order chi connectivity index (χ0) is 11.5. The fourth-order valence-electron chi connectivity index (χ4n) is 1.43. The molecule has 0 aromatic heterocycles. The molecule has 1 aromatic rings. The lowest BCUT2D eigenvalue weighted by atomic mass is 9.85. The number of aliphatic hydroxyl groups excluding tert-OH is 1. The van der Waals surface area contributed by atoms with Crippen molar-refractivity contribution in [2.45, 2.75) is 24.2 Å². The lowest BCUT2D eigenvalue weighted by Crippen LogP contribution is -2.22. The van der Waals surface area contributed by atoms with E-state index >= 15 is 0 Å². The molecule has 3 heteroatoms. The molecule has 1 N–H and O–H groups in total. The van der Waals surface area contributed by atoms with Crippen LogP contribution < -0.4 is 4.74 Å². The first kappa shape index (κ1) is 12.4. The molecule has 0 unspecified atom stereocenters. The van der Waals surface area contributed by atoms with Crippen molar-refractivity contribution >= 4 is 11.8 Å². The molecule has 0 aliphatic carbocycles. The molecule has 0 radical (unpaired) electrons. The van der Waals surface area contributed by atoms with E-state index in [1.165, 1.54) is 4.90 Å². The zero-order valence-electron chi connectivity index (χ0n) is 9.70. The molecular weight excluding hydrogens is 208 g/mol. The van der Waals surface area contributed by atoms with Crippen molar-refractivity contribution in [1.82, 2.24) is 0 Å². The number of rotatable bonds is 4. The van der Waals surface area contributed by atoms with E-state index in [9.17, 15) is 5.11 Å². The number of hydrogen-bond donors (Lipinski definition) is 1. The van der Waals surface area contributed by atoms with Gasteiger partial charge in [-0.3, -0.25) is 0 Å².